The average molecular weight is 335 g/mol. The summed E-state index contributed by atoms with van der Waals surface area (Å²) in [6, 6.07) is 14.0. The molecule has 2 rings (SSSR count). The number of nitrogens with one attached hydrogen (secondary N) is 1. The third-order valence-electron chi connectivity index (χ3n) is 3.82. The van der Waals surface area contributed by atoms with Crippen LogP contribution in [0.5, 0.6) is 0 Å². The Morgan fingerprint density at radius 2 is 2.00 bits per heavy atom. The molecule has 3 nitrogen and oxygen atoms in total. The van der Waals surface area contributed by atoms with E-state index in [2.05, 4.69) is 5.32 Å². The first-order valence-electron chi connectivity index (χ1n) is 7.43. The smallest absolute Gasteiger partial charge is 0.234 e. The van der Waals surface area contributed by atoms with Crippen molar-refractivity contribution in [2.75, 3.05) is 13.6 Å². The molecule has 1 N–H and O–H groups in total. The Kier molecular flexibility index (Phi) is 6.13. The molecule has 23 heavy (non-hydrogen) atoms. The number of benzene rings is 2. The number of hydrogen-bond acceptors (Lipinski definition) is 2. The number of likely N-dealkylation sites (N-methyl/N-ethyl adjacent to an activating group) is 1. The van der Waals surface area contributed by atoms with Gasteiger partial charge in [-0.1, -0.05) is 41.9 Å². The minimum Gasteiger partial charge on any atom is -0.351 e. The molecule has 1 atom stereocenters. The highest BCUT2D eigenvalue weighted by Crippen LogP contribution is 2.21. The Morgan fingerprint density at radius 1 is 1.26 bits per heavy atom. The summed E-state index contributed by atoms with van der Waals surface area (Å²) in [7, 11) is 1.87. The molecule has 1 unspecified atom stereocenters. The van der Waals surface area contributed by atoms with Gasteiger partial charge in [-0.2, -0.15) is 0 Å². The molecular weight excluding hydrogens is 315 g/mol. The second-order valence-electron chi connectivity index (χ2n) is 5.51. The third kappa shape index (κ3) is 5.05. The molecule has 0 aliphatic heterocycles. The second-order valence-corrected chi connectivity index (χ2v) is 5.95. The molecule has 0 aliphatic rings. The van der Waals surface area contributed by atoms with E-state index in [0.29, 0.717) is 10.6 Å². The van der Waals surface area contributed by atoms with Crippen molar-refractivity contribution < 1.29 is 9.18 Å². The van der Waals surface area contributed by atoms with Crippen LogP contribution < -0.4 is 5.32 Å². The van der Waals surface area contributed by atoms with E-state index in [-0.39, 0.29) is 30.9 Å². The summed E-state index contributed by atoms with van der Waals surface area (Å²) in [5, 5.41) is 3.41. The number of amides is 1. The largest absolute Gasteiger partial charge is 0.351 e. The van der Waals surface area contributed by atoms with Crippen molar-refractivity contribution in [3.8, 4) is 0 Å². The van der Waals surface area contributed by atoms with Gasteiger partial charge in [-0.05, 0) is 37.7 Å². The number of carbonyl (C=O) groups excluding carboxylic acids is 1. The zero-order valence-corrected chi connectivity index (χ0v) is 14.0. The first-order chi connectivity index (χ1) is 11.0. The summed E-state index contributed by atoms with van der Waals surface area (Å²) in [5.41, 5.74) is 1.52. The van der Waals surface area contributed by atoms with Crippen LogP contribution in [0.2, 0.25) is 5.02 Å². The fourth-order valence-electron chi connectivity index (χ4n) is 2.28. The monoisotopic (exact) mass is 334 g/mol. The molecular formula is C18H20ClFN2O. The maximum absolute atomic E-state index is 13.5. The van der Waals surface area contributed by atoms with Gasteiger partial charge in [0.1, 0.15) is 5.82 Å². The summed E-state index contributed by atoms with van der Waals surface area (Å²) in [6.45, 7) is 2.42. The van der Waals surface area contributed by atoms with Crippen LogP contribution in [-0.4, -0.2) is 24.4 Å². The van der Waals surface area contributed by atoms with Gasteiger partial charge in [0.15, 0.2) is 0 Å². The molecule has 0 saturated heterocycles. The number of rotatable bonds is 6. The lowest BCUT2D eigenvalue weighted by molar-refractivity contribution is -0.122. The quantitative estimate of drug-likeness (QED) is 0.871. The van der Waals surface area contributed by atoms with Gasteiger partial charge in [0.05, 0.1) is 6.54 Å². The summed E-state index contributed by atoms with van der Waals surface area (Å²) in [6.07, 6.45) is 0. The Bertz CT molecular complexity index is 678. The summed E-state index contributed by atoms with van der Waals surface area (Å²) < 4.78 is 13.5. The highest BCUT2D eigenvalue weighted by atomic mass is 35.5. The zero-order valence-electron chi connectivity index (χ0n) is 13.2. The van der Waals surface area contributed by atoms with Gasteiger partial charge in [-0.3, -0.25) is 9.69 Å². The van der Waals surface area contributed by atoms with E-state index < -0.39 is 0 Å². The van der Waals surface area contributed by atoms with Gasteiger partial charge in [0.25, 0.3) is 0 Å². The van der Waals surface area contributed by atoms with Crippen LogP contribution in [0, 0.1) is 5.82 Å². The van der Waals surface area contributed by atoms with Crippen molar-refractivity contribution in [3.05, 3.63) is 70.5 Å². The average Bonchev–Trinajstić information content (AvgIpc) is 2.53. The Labute approximate surface area is 141 Å². The van der Waals surface area contributed by atoms with E-state index in [0.717, 1.165) is 5.56 Å². The van der Waals surface area contributed by atoms with Gasteiger partial charge in [-0.15, -0.1) is 0 Å². The van der Waals surface area contributed by atoms with Crippen molar-refractivity contribution >= 4 is 17.5 Å². The molecule has 0 fully saturated rings. The highest BCUT2D eigenvalue weighted by molar-refractivity contribution is 6.30. The van der Waals surface area contributed by atoms with Crippen molar-refractivity contribution in [2.24, 2.45) is 0 Å². The Hall–Kier alpha value is -1.91. The number of halogens is 2. The van der Waals surface area contributed by atoms with Crippen molar-refractivity contribution in [3.63, 3.8) is 0 Å². The molecule has 2 aromatic carbocycles. The number of nitrogens with zero attached hydrogens (tertiary/aromatic N) is 1. The minimum absolute atomic E-state index is 0.0490. The fourth-order valence-corrected chi connectivity index (χ4v) is 2.47. The summed E-state index contributed by atoms with van der Waals surface area (Å²) in [5.74, 6) is -0.460. The first-order valence-corrected chi connectivity index (χ1v) is 7.81. The summed E-state index contributed by atoms with van der Waals surface area (Å²) in [4.78, 5) is 14.0. The van der Waals surface area contributed by atoms with Crippen LogP contribution in [0.4, 0.5) is 4.39 Å². The predicted molar refractivity (Wildman–Crippen MR) is 90.7 cm³/mol. The maximum Gasteiger partial charge on any atom is 0.234 e. The van der Waals surface area contributed by atoms with E-state index in [1.807, 2.05) is 43.1 Å². The maximum atomic E-state index is 13.5. The van der Waals surface area contributed by atoms with Crippen molar-refractivity contribution in [2.45, 2.75) is 19.5 Å². The van der Waals surface area contributed by atoms with Gasteiger partial charge in [0.2, 0.25) is 5.91 Å². The van der Waals surface area contributed by atoms with Crippen LogP contribution in [0.25, 0.3) is 0 Å². The van der Waals surface area contributed by atoms with Crippen molar-refractivity contribution in [1.29, 1.82) is 0 Å². The lowest BCUT2D eigenvalue weighted by Crippen LogP contribution is -2.36. The second kappa shape index (κ2) is 8.09. The van der Waals surface area contributed by atoms with E-state index in [1.165, 1.54) is 6.07 Å². The minimum atomic E-state index is -0.312. The molecule has 1 amide bonds. The van der Waals surface area contributed by atoms with Crippen LogP contribution in [0.15, 0.2) is 48.5 Å². The van der Waals surface area contributed by atoms with Gasteiger partial charge < -0.3 is 5.32 Å². The molecule has 0 saturated carbocycles. The molecule has 0 radical (unpaired) electrons. The molecule has 0 aliphatic carbocycles. The third-order valence-corrected chi connectivity index (χ3v) is 4.05. The topological polar surface area (TPSA) is 32.3 Å². The van der Waals surface area contributed by atoms with Crippen LogP contribution in [-0.2, 0) is 11.3 Å². The molecule has 0 aromatic heterocycles. The van der Waals surface area contributed by atoms with Crippen LogP contribution in [0.3, 0.4) is 0 Å². The molecule has 122 valence electrons. The number of carbonyl (C=O) groups is 1. The van der Waals surface area contributed by atoms with Gasteiger partial charge in [0, 0.05) is 23.2 Å². The zero-order chi connectivity index (χ0) is 16.8. The van der Waals surface area contributed by atoms with Crippen molar-refractivity contribution in [1.82, 2.24) is 10.2 Å². The van der Waals surface area contributed by atoms with Crippen LogP contribution >= 0.6 is 11.6 Å². The predicted octanol–water partition coefficient (Wildman–Crippen LogP) is 3.79. The Balaban J connectivity index is 1.88. The van der Waals surface area contributed by atoms with Gasteiger partial charge >= 0.3 is 0 Å². The van der Waals surface area contributed by atoms with E-state index >= 15 is 0 Å². The Morgan fingerprint density at radius 3 is 2.70 bits per heavy atom. The fraction of sp³-hybridized carbons (Fsp3) is 0.278. The van der Waals surface area contributed by atoms with Gasteiger partial charge in [-0.25, -0.2) is 4.39 Å². The van der Waals surface area contributed by atoms with E-state index in [1.54, 1.807) is 18.2 Å². The lowest BCUT2D eigenvalue weighted by atomic mass is 10.1. The number of hydrogen-bond donors (Lipinski definition) is 1. The normalized spacial score (nSPS) is 12.2. The van der Waals surface area contributed by atoms with Crippen LogP contribution in [0.1, 0.15) is 24.1 Å². The molecule has 0 bridgehead atoms. The molecule has 0 heterocycles. The van der Waals surface area contributed by atoms with E-state index in [9.17, 15) is 9.18 Å². The lowest BCUT2D eigenvalue weighted by Gasteiger charge is -2.24. The highest BCUT2D eigenvalue weighted by Gasteiger charge is 2.15. The molecule has 2 aromatic rings. The van der Waals surface area contributed by atoms with E-state index in [4.69, 9.17) is 11.6 Å². The molecule has 0 spiro atoms. The standard InChI is InChI=1S/C18H20ClFN2O/c1-13(14-7-5-8-16(19)10-14)22(2)12-18(23)21-11-15-6-3-4-9-17(15)20/h3-10,13H,11-12H2,1-2H3,(H,21,23). The SMILES string of the molecule is CC(c1cccc(Cl)c1)N(C)CC(=O)NCc1ccccc1F. The first kappa shape index (κ1) is 17.4. The summed E-state index contributed by atoms with van der Waals surface area (Å²) >= 11 is 6.00. The molecule has 5 heteroatoms.